The van der Waals surface area contributed by atoms with E-state index in [0.29, 0.717) is 21.5 Å². The smallest absolute Gasteiger partial charge is 0.264 e. The van der Waals surface area contributed by atoms with Gasteiger partial charge in [0.05, 0.1) is 11.4 Å². The molecule has 0 fully saturated rings. The van der Waals surface area contributed by atoms with Crippen molar-refractivity contribution in [3.63, 3.8) is 0 Å². The summed E-state index contributed by atoms with van der Waals surface area (Å²) in [6, 6.07) is 18.8. The molecule has 0 unspecified atom stereocenters. The van der Waals surface area contributed by atoms with Crippen LogP contribution in [0.3, 0.4) is 0 Å². The normalized spacial score (nSPS) is 11.0. The van der Waals surface area contributed by atoms with Gasteiger partial charge in [0.25, 0.3) is 5.91 Å². The van der Waals surface area contributed by atoms with Crippen LogP contribution in [0.2, 0.25) is 0 Å². The summed E-state index contributed by atoms with van der Waals surface area (Å²) in [7, 11) is 0. The van der Waals surface area contributed by atoms with Gasteiger partial charge >= 0.3 is 0 Å². The lowest BCUT2D eigenvalue weighted by atomic mass is 10.2. The van der Waals surface area contributed by atoms with Crippen molar-refractivity contribution < 1.29 is 4.79 Å². The fourth-order valence-corrected chi connectivity index (χ4v) is 3.09. The number of rotatable bonds is 2. The lowest BCUT2D eigenvalue weighted by Gasteiger charge is -2.02. The van der Waals surface area contributed by atoms with Gasteiger partial charge in [-0.1, -0.05) is 36.4 Å². The highest BCUT2D eigenvalue weighted by Gasteiger charge is 2.20. The molecule has 0 aliphatic heterocycles. The molecule has 0 saturated heterocycles. The van der Waals surface area contributed by atoms with Gasteiger partial charge in [0.15, 0.2) is 10.4 Å². The number of imidazole rings is 1. The van der Waals surface area contributed by atoms with Crippen LogP contribution in [0.1, 0.15) is 16.1 Å². The third-order valence-corrected chi connectivity index (χ3v) is 4.19. The minimum atomic E-state index is -0.164. The second kappa shape index (κ2) is 5.58. The zero-order valence-corrected chi connectivity index (χ0v) is 13.7. The van der Waals surface area contributed by atoms with Crippen LogP contribution in [-0.2, 0) is 0 Å². The average Bonchev–Trinajstić information content (AvgIpc) is 3.12. The number of nitrogens with zero attached hydrogens (tertiary/aromatic N) is 3. The van der Waals surface area contributed by atoms with Crippen LogP contribution in [0.5, 0.6) is 0 Å². The highest BCUT2D eigenvalue weighted by molar-refractivity contribution is 7.71. The number of para-hydroxylation sites is 1. The molecule has 24 heavy (non-hydrogen) atoms. The summed E-state index contributed by atoms with van der Waals surface area (Å²) in [5, 5.41) is 4.56. The van der Waals surface area contributed by atoms with Crippen molar-refractivity contribution in [3.05, 3.63) is 76.7 Å². The SMILES string of the molecule is Cc1nn(-c2ccccc2)c2[nH]c(=S)n(C(=O)c3ccccc3)c12. The molecule has 1 N–H and O–H groups in total. The number of carbonyl (C=O) groups is 1. The summed E-state index contributed by atoms with van der Waals surface area (Å²) in [6.45, 7) is 1.87. The summed E-state index contributed by atoms with van der Waals surface area (Å²) >= 11 is 5.40. The minimum Gasteiger partial charge on any atom is -0.315 e. The van der Waals surface area contributed by atoms with Crippen molar-refractivity contribution in [1.29, 1.82) is 0 Å². The Hall–Kier alpha value is -2.99. The first-order valence-corrected chi connectivity index (χ1v) is 7.93. The van der Waals surface area contributed by atoms with Crippen LogP contribution in [-0.4, -0.2) is 25.2 Å². The number of aromatic amines is 1. The van der Waals surface area contributed by atoms with Crippen molar-refractivity contribution in [3.8, 4) is 5.69 Å². The molecule has 0 aliphatic carbocycles. The zero-order valence-electron chi connectivity index (χ0n) is 12.9. The Balaban J connectivity index is 1.96. The number of fused-ring (bicyclic) bond motifs is 1. The molecule has 6 heteroatoms. The number of hydrogen-bond acceptors (Lipinski definition) is 3. The van der Waals surface area contributed by atoms with Gasteiger partial charge in [-0.3, -0.25) is 4.79 Å². The topological polar surface area (TPSA) is 55.6 Å². The van der Waals surface area contributed by atoms with E-state index in [1.807, 2.05) is 55.5 Å². The van der Waals surface area contributed by atoms with Crippen LogP contribution >= 0.6 is 12.2 Å². The molecule has 0 atom stereocenters. The van der Waals surface area contributed by atoms with Gasteiger partial charge < -0.3 is 4.98 Å². The van der Waals surface area contributed by atoms with Crippen LogP contribution < -0.4 is 0 Å². The lowest BCUT2D eigenvalue weighted by Crippen LogP contribution is -2.12. The molecule has 0 saturated carbocycles. The van der Waals surface area contributed by atoms with Gasteiger partial charge in [-0.15, -0.1) is 0 Å². The molecule has 2 heterocycles. The Morgan fingerprint density at radius 3 is 2.33 bits per heavy atom. The van der Waals surface area contributed by atoms with Gasteiger partial charge in [-0.2, -0.15) is 5.10 Å². The molecular formula is C18H14N4OS. The van der Waals surface area contributed by atoms with E-state index in [4.69, 9.17) is 12.2 Å². The van der Waals surface area contributed by atoms with Crippen LogP contribution in [0.4, 0.5) is 0 Å². The number of carbonyl (C=O) groups excluding carboxylic acids is 1. The molecule has 0 amide bonds. The molecule has 0 bridgehead atoms. The third-order valence-electron chi connectivity index (χ3n) is 3.91. The summed E-state index contributed by atoms with van der Waals surface area (Å²) in [5.74, 6) is -0.164. The molecule has 2 aromatic carbocycles. The fraction of sp³-hybridized carbons (Fsp3) is 0.0556. The highest BCUT2D eigenvalue weighted by Crippen LogP contribution is 2.22. The first-order valence-electron chi connectivity index (χ1n) is 7.52. The maximum absolute atomic E-state index is 12.9. The monoisotopic (exact) mass is 334 g/mol. The number of H-pyrrole nitrogens is 1. The van der Waals surface area contributed by atoms with E-state index < -0.39 is 0 Å². The molecule has 4 aromatic rings. The molecule has 0 aliphatic rings. The molecule has 0 radical (unpaired) electrons. The molecule has 0 spiro atoms. The second-order valence-electron chi connectivity index (χ2n) is 5.47. The van der Waals surface area contributed by atoms with Crippen molar-refractivity contribution in [2.24, 2.45) is 0 Å². The molecular weight excluding hydrogens is 320 g/mol. The van der Waals surface area contributed by atoms with Gasteiger partial charge in [0.2, 0.25) is 0 Å². The van der Waals surface area contributed by atoms with E-state index in [2.05, 4.69) is 10.1 Å². The molecule has 4 rings (SSSR count). The second-order valence-corrected chi connectivity index (χ2v) is 5.85. The van der Waals surface area contributed by atoms with Crippen molar-refractivity contribution in [1.82, 2.24) is 19.3 Å². The third kappa shape index (κ3) is 2.19. The quantitative estimate of drug-likeness (QED) is 0.566. The first kappa shape index (κ1) is 14.6. The van der Waals surface area contributed by atoms with Crippen molar-refractivity contribution >= 4 is 29.3 Å². The van der Waals surface area contributed by atoms with Gasteiger partial charge in [0, 0.05) is 5.56 Å². The highest BCUT2D eigenvalue weighted by atomic mass is 32.1. The van der Waals surface area contributed by atoms with Crippen LogP contribution in [0.25, 0.3) is 16.9 Å². The Morgan fingerprint density at radius 2 is 1.67 bits per heavy atom. The van der Waals surface area contributed by atoms with E-state index in [0.717, 1.165) is 11.4 Å². The maximum atomic E-state index is 12.9. The van der Waals surface area contributed by atoms with Crippen molar-refractivity contribution in [2.75, 3.05) is 0 Å². The van der Waals surface area contributed by atoms with Gasteiger partial charge in [0.1, 0.15) is 5.52 Å². The average molecular weight is 334 g/mol. The Labute approximate surface area is 143 Å². The first-order chi connectivity index (χ1) is 11.7. The van der Waals surface area contributed by atoms with E-state index >= 15 is 0 Å². The van der Waals surface area contributed by atoms with Crippen LogP contribution in [0, 0.1) is 11.7 Å². The fourth-order valence-electron chi connectivity index (χ4n) is 2.82. The van der Waals surface area contributed by atoms with Crippen LogP contribution in [0.15, 0.2) is 60.7 Å². The summed E-state index contributed by atoms with van der Waals surface area (Å²) < 4.78 is 3.65. The molecule has 118 valence electrons. The van der Waals surface area contributed by atoms with E-state index in [1.54, 1.807) is 16.8 Å². The Morgan fingerprint density at radius 1 is 1.04 bits per heavy atom. The summed E-state index contributed by atoms with van der Waals surface area (Å²) in [6.07, 6.45) is 0. The Kier molecular flexibility index (Phi) is 3.39. The minimum absolute atomic E-state index is 0.164. The summed E-state index contributed by atoms with van der Waals surface area (Å²) in [5.41, 5.74) is 3.66. The van der Waals surface area contributed by atoms with E-state index in [9.17, 15) is 4.79 Å². The van der Waals surface area contributed by atoms with E-state index in [1.165, 1.54) is 4.57 Å². The number of aromatic nitrogens is 4. The number of nitrogens with one attached hydrogen (secondary N) is 1. The predicted molar refractivity (Wildman–Crippen MR) is 95.2 cm³/mol. The Bertz CT molecular complexity index is 1090. The largest absolute Gasteiger partial charge is 0.315 e. The standard InChI is InChI=1S/C18H14N4OS/c1-12-15-16(22(20-12)14-10-6-3-7-11-14)19-18(24)21(15)17(23)13-8-4-2-5-9-13/h2-11H,1H3,(H,19,24). The van der Waals surface area contributed by atoms with Gasteiger partial charge in [-0.25, -0.2) is 9.25 Å². The zero-order chi connectivity index (χ0) is 16.7. The lowest BCUT2D eigenvalue weighted by molar-refractivity contribution is 0.0963. The number of benzene rings is 2. The summed E-state index contributed by atoms with van der Waals surface area (Å²) in [4.78, 5) is 16.0. The van der Waals surface area contributed by atoms with Gasteiger partial charge in [-0.05, 0) is 43.4 Å². The van der Waals surface area contributed by atoms with Crippen molar-refractivity contribution in [2.45, 2.75) is 6.92 Å². The molecule has 5 nitrogen and oxygen atoms in total. The number of aryl methyl sites for hydroxylation is 1. The molecule has 2 aromatic heterocycles. The van der Waals surface area contributed by atoms with E-state index in [-0.39, 0.29) is 5.91 Å². The maximum Gasteiger partial charge on any atom is 0.264 e. The predicted octanol–water partition coefficient (Wildman–Crippen LogP) is 3.88. The number of hydrogen-bond donors (Lipinski definition) is 1.